The van der Waals surface area contributed by atoms with Crippen LogP contribution in [0.25, 0.3) is 16.8 Å². The highest BCUT2D eigenvalue weighted by molar-refractivity contribution is 5.78. The van der Waals surface area contributed by atoms with E-state index in [0.29, 0.717) is 17.6 Å². The molecular weight excluding hydrogens is 376 g/mol. The third kappa shape index (κ3) is 3.51. The van der Waals surface area contributed by atoms with Gasteiger partial charge in [-0.25, -0.2) is 4.52 Å². The summed E-state index contributed by atoms with van der Waals surface area (Å²) in [5.41, 5.74) is 4.21. The Kier molecular flexibility index (Phi) is 4.65. The molecule has 0 aliphatic carbocycles. The summed E-state index contributed by atoms with van der Waals surface area (Å²) in [6.07, 6.45) is 8.15. The van der Waals surface area contributed by atoms with Crippen LogP contribution in [0.4, 0.5) is 11.6 Å². The van der Waals surface area contributed by atoms with E-state index >= 15 is 0 Å². The van der Waals surface area contributed by atoms with Crippen molar-refractivity contribution in [1.29, 1.82) is 5.26 Å². The topological polar surface area (TPSA) is 87.1 Å². The Morgan fingerprint density at radius 1 is 1.23 bits per heavy atom. The van der Waals surface area contributed by atoms with Gasteiger partial charge in [-0.2, -0.15) is 15.3 Å². The number of anilines is 2. The highest BCUT2D eigenvalue weighted by Gasteiger charge is 2.21. The molecule has 4 heterocycles. The second-order valence-electron chi connectivity index (χ2n) is 7.67. The molecule has 1 N–H and O–H groups in total. The maximum Gasteiger partial charge on any atom is 0.247 e. The summed E-state index contributed by atoms with van der Waals surface area (Å²) in [4.78, 5) is 7.07. The lowest BCUT2D eigenvalue weighted by Gasteiger charge is -2.18. The summed E-state index contributed by atoms with van der Waals surface area (Å²) in [6.45, 7) is 2.05. The number of benzene rings is 1. The van der Waals surface area contributed by atoms with Gasteiger partial charge in [0.1, 0.15) is 0 Å². The average Bonchev–Trinajstić information content (AvgIpc) is 3.49. The van der Waals surface area contributed by atoms with Gasteiger partial charge in [-0.05, 0) is 56.3 Å². The smallest absolute Gasteiger partial charge is 0.247 e. The van der Waals surface area contributed by atoms with Crippen molar-refractivity contribution in [2.75, 3.05) is 18.9 Å². The Hall–Kier alpha value is -3.70. The van der Waals surface area contributed by atoms with Gasteiger partial charge in [-0.1, -0.05) is 12.1 Å². The number of hydrogen-bond acceptors (Lipinski definition) is 6. The van der Waals surface area contributed by atoms with Crippen LogP contribution < -0.4 is 5.32 Å². The number of nitrogens with one attached hydrogen (secondary N) is 1. The van der Waals surface area contributed by atoms with Crippen molar-refractivity contribution in [3.8, 4) is 17.2 Å². The molecule has 0 bridgehead atoms. The lowest BCUT2D eigenvalue weighted by Crippen LogP contribution is -2.29. The fraction of sp³-hybridized carbons (Fsp3) is 0.273. The molecule has 8 heteroatoms. The third-order valence-corrected chi connectivity index (χ3v) is 5.65. The second kappa shape index (κ2) is 7.61. The van der Waals surface area contributed by atoms with E-state index in [1.807, 2.05) is 59.7 Å². The maximum atomic E-state index is 9.01. The van der Waals surface area contributed by atoms with E-state index in [9.17, 15) is 0 Å². The molecule has 0 spiro atoms. The first kappa shape index (κ1) is 18.3. The fourth-order valence-corrected chi connectivity index (χ4v) is 3.99. The number of pyridine rings is 1. The zero-order chi connectivity index (χ0) is 20.5. The molecule has 5 rings (SSSR count). The monoisotopic (exact) mass is 398 g/mol. The van der Waals surface area contributed by atoms with Gasteiger partial charge >= 0.3 is 0 Å². The van der Waals surface area contributed by atoms with Crippen molar-refractivity contribution in [3.63, 3.8) is 0 Å². The average molecular weight is 398 g/mol. The van der Waals surface area contributed by atoms with Gasteiger partial charge in [0.25, 0.3) is 0 Å². The first-order valence-corrected chi connectivity index (χ1v) is 10.1. The van der Waals surface area contributed by atoms with Crippen LogP contribution in [0.2, 0.25) is 0 Å². The van der Waals surface area contributed by atoms with Gasteiger partial charge < -0.3 is 10.2 Å². The molecule has 0 unspecified atom stereocenters. The largest absolute Gasteiger partial charge is 0.320 e. The molecule has 1 saturated heterocycles. The number of likely N-dealkylation sites (tertiary alicyclic amines) is 1. The maximum absolute atomic E-state index is 9.01. The van der Waals surface area contributed by atoms with Crippen LogP contribution in [0.15, 0.2) is 55.0 Å². The van der Waals surface area contributed by atoms with E-state index in [1.54, 1.807) is 4.52 Å². The Bertz CT molecular complexity index is 1210. The quantitative estimate of drug-likeness (QED) is 0.555. The van der Waals surface area contributed by atoms with Crippen LogP contribution in [0.3, 0.4) is 0 Å². The highest BCUT2D eigenvalue weighted by atomic mass is 15.4. The van der Waals surface area contributed by atoms with Crippen molar-refractivity contribution in [2.45, 2.75) is 25.4 Å². The minimum atomic E-state index is 0.522. The number of fused-ring (bicyclic) bond motifs is 1. The molecule has 3 aromatic heterocycles. The van der Waals surface area contributed by atoms with E-state index in [0.717, 1.165) is 35.6 Å². The lowest BCUT2D eigenvalue weighted by atomic mass is 10.1. The first-order valence-electron chi connectivity index (χ1n) is 10.1. The number of rotatable bonds is 5. The number of hydrogen-bond donors (Lipinski definition) is 1. The van der Waals surface area contributed by atoms with E-state index in [1.165, 1.54) is 12.8 Å². The third-order valence-electron chi connectivity index (χ3n) is 5.65. The van der Waals surface area contributed by atoms with Crippen molar-refractivity contribution >= 4 is 17.3 Å². The minimum Gasteiger partial charge on any atom is -0.320 e. The van der Waals surface area contributed by atoms with Gasteiger partial charge in [0.05, 0.1) is 30.1 Å². The lowest BCUT2D eigenvalue weighted by molar-refractivity contribution is 0.274. The predicted molar refractivity (Wildman–Crippen MR) is 114 cm³/mol. The first-order chi connectivity index (χ1) is 14.7. The number of aromatic nitrogens is 5. The van der Waals surface area contributed by atoms with Crippen molar-refractivity contribution in [3.05, 3.63) is 60.6 Å². The van der Waals surface area contributed by atoms with Crippen LogP contribution in [-0.4, -0.2) is 48.9 Å². The molecule has 30 heavy (non-hydrogen) atoms. The van der Waals surface area contributed by atoms with Crippen molar-refractivity contribution < 1.29 is 0 Å². The molecule has 8 nitrogen and oxygen atoms in total. The predicted octanol–water partition coefficient (Wildman–Crippen LogP) is 3.30. The Labute approximate surface area is 174 Å². The van der Waals surface area contributed by atoms with Crippen molar-refractivity contribution in [2.24, 2.45) is 0 Å². The second-order valence-corrected chi connectivity index (χ2v) is 7.67. The molecule has 1 atom stereocenters. The molecule has 1 aliphatic heterocycles. The van der Waals surface area contributed by atoms with E-state index in [4.69, 9.17) is 5.26 Å². The summed E-state index contributed by atoms with van der Waals surface area (Å²) >= 11 is 0. The molecule has 150 valence electrons. The molecule has 0 amide bonds. The summed E-state index contributed by atoms with van der Waals surface area (Å²) in [5.74, 6) is 0.522. The molecule has 1 aliphatic rings. The summed E-state index contributed by atoms with van der Waals surface area (Å²) in [5, 5.41) is 21.3. The van der Waals surface area contributed by atoms with Crippen molar-refractivity contribution in [1.82, 2.24) is 29.3 Å². The van der Waals surface area contributed by atoms with Gasteiger partial charge in [0.2, 0.25) is 5.95 Å². The SMILES string of the molecule is CN1CCC[C@@H]1Cn1cc(Nc2nc3c(-c4ccc(C#N)cc4)cccn3n2)cn1. The Balaban J connectivity index is 1.37. The van der Waals surface area contributed by atoms with Gasteiger partial charge in [-0.15, -0.1) is 5.10 Å². The normalized spacial score (nSPS) is 16.7. The molecule has 0 saturated carbocycles. The molecule has 1 aromatic carbocycles. The zero-order valence-corrected chi connectivity index (χ0v) is 16.7. The number of likely N-dealkylation sites (N-methyl/N-ethyl adjacent to an activating group) is 1. The van der Waals surface area contributed by atoms with Gasteiger partial charge in [-0.3, -0.25) is 4.68 Å². The van der Waals surface area contributed by atoms with Crippen LogP contribution in [0, 0.1) is 11.3 Å². The molecule has 1 fully saturated rings. The minimum absolute atomic E-state index is 0.522. The summed E-state index contributed by atoms with van der Waals surface area (Å²) in [6, 6.07) is 14.1. The van der Waals surface area contributed by atoms with Gasteiger partial charge in [0, 0.05) is 24.0 Å². The Morgan fingerprint density at radius 2 is 2.10 bits per heavy atom. The molecule has 0 radical (unpaired) electrons. The summed E-state index contributed by atoms with van der Waals surface area (Å²) < 4.78 is 3.74. The van der Waals surface area contributed by atoms with E-state index < -0.39 is 0 Å². The number of nitrogens with zero attached hydrogens (tertiary/aromatic N) is 7. The van der Waals surface area contributed by atoms with E-state index in [-0.39, 0.29) is 0 Å². The summed E-state index contributed by atoms with van der Waals surface area (Å²) in [7, 11) is 2.17. The van der Waals surface area contributed by atoms with Crippen LogP contribution in [0.5, 0.6) is 0 Å². The van der Waals surface area contributed by atoms with Crippen LogP contribution in [0.1, 0.15) is 18.4 Å². The highest BCUT2D eigenvalue weighted by Crippen LogP contribution is 2.25. The number of nitriles is 1. The molecule has 4 aromatic rings. The standard InChI is InChI=1S/C22H22N8/c1-28-10-2-4-19(28)15-29-14-18(13-24-29)25-22-26-21-20(5-3-11-30(21)27-22)17-8-6-16(12-23)7-9-17/h3,5-9,11,13-14,19H,2,4,10,15H2,1H3,(H,25,27)/t19-/m1/s1. The molecular formula is C22H22N8. The zero-order valence-electron chi connectivity index (χ0n) is 16.7. The van der Waals surface area contributed by atoms with Gasteiger partial charge in [0.15, 0.2) is 5.65 Å². The fourth-order valence-electron chi connectivity index (χ4n) is 3.99. The van der Waals surface area contributed by atoms with E-state index in [2.05, 4.69) is 38.5 Å². The van der Waals surface area contributed by atoms with Crippen LogP contribution in [-0.2, 0) is 6.54 Å². The van der Waals surface area contributed by atoms with Crippen LogP contribution >= 0.6 is 0 Å². The Morgan fingerprint density at radius 3 is 2.87 bits per heavy atom.